The highest BCUT2D eigenvalue weighted by Gasteiger charge is 2.28. The van der Waals surface area contributed by atoms with E-state index in [0.29, 0.717) is 17.8 Å². The quantitative estimate of drug-likeness (QED) is 0.670. The zero-order chi connectivity index (χ0) is 12.8. The topological polar surface area (TPSA) is 20.3 Å². The number of amides is 1. The third-order valence-corrected chi connectivity index (χ3v) is 4.82. The molecule has 0 spiro atoms. The zero-order valence-electron chi connectivity index (χ0n) is 11.4. The summed E-state index contributed by atoms with van der Waals surface area (Å²) in [5.74, 6) is 1.74. The van der Waals surface area contributed by atoms with E-state index in [0.717, 1.165) is 25.3 Å². The van der Waals surface area contributed by atoms with Gasteiger partial charge in [0.2, 0.25) is 5.91 Å². The van der Waals surface area contributed by atoms with Crippen LogP contribution in [0.4, 0.5) is 0 Å². The predicted molar refractivity (Wildman–Crippen MR) is 75.9 cm³/mol. The van der Waals surface area contributed by atoms with E-state index >= 15 is 0 Å². The molecule has 2 saturated carbocycles. The van der Waals surface area contributed by atoms with Gasteiger partial charge in [0.1, 0.15) is 0 Å². The highest BCUT2D eigenvalue weighted by molar-refractivity contribution is 6.18. The third kappa shape index (κ3) is 3.88. The highest BCUT2D eigenvalue weighted by atomic mass is 35.5. The Hall–Kier alpha value is -0.240. The molecule has 0 aliphatic heterocycles. The molecule has 2 aliphatic rings. The van der Waals surface area contributed by atoms with Gasteiger partial charge >= 0.3 is 0 Å². The van der Waals surface area contributed by atoms with Crippen molar-refractivity contribution in [2.24, 2.45) is 5.92 Å². The van der Waals surface area contributed by atoms with E-state index < -0.39 is 0 Å². The fraction of sp³-hybridized carbons (Fsp3) is 0.933. The molecule has 2 nitrogen and oxygen atoms in total. The Bertz CT molecular complexity index is 259. The summed E-state index contributed by atoms with van der Waals surface area (Å²) in [6, 6.07) is 0.502. The average Bonchev–Trinajstić information content (AvgIpc) is 2.34. The van der Waals surface area contributed by atoms with Crippen molar-refractivity contribution >= 4 is 17.5 Å². The Morgan fingerprint density at radius 3 is 2.33 bits per heavy atom. The Morgan fingerprint density at radius 1 is 1.06 bits per heavy atom. The molecule has 0 aromatic carbocycles. The summed E-state index contributed by atoms with van der Waals surface area (Å²) in [4.78, 5) is 14.3. The van der Waals surface area contributed by atoms with Crippen LogP contribution in [-0.2, 0) is 4.79 Å². The van der Waals surface area contributed by atoms with Gasteiger partial charge in [0, 0.05) is 24.9 Å². The van der Waals surface area contributed by atoms with E-state index in [1.54, 1.807) is 0 Å². The van der Waals surface area contributed by atoms with Gasteiger partial charge in [-0.1, -0.05) is 32.1 Å². The van der Waals surface area contributed by atoms with Crippen LogP contribution in [0.2, 0.25) is 0 Å². The molecule has 0 saturated heterocycles. The lowest BCUT2D eigenvalue weighted by Gasteiger charge is -2.37. The lowest BCUT2D eigenvalue weighted by Crippen LogP contribution is -2.45. The van der Waals surface area contributed by atoms with Crippen LogP contribution in [0.5, 0.6) is 0 Å². The summed E-state index contributed by atoms with van der Waals surface area (Å²) >= 11 is 5.82. The lowest BCUT2D eigenvalue weighted by molar-refractivity contribution is -0.135. The number of carbonyl (C=O) groups excluding carboxylic acids is 1. The average molecular weight is 272 g/mol. The SMILES string of the molecule is O=C(CCC1CCCCC1)N(CCCl)C1CCC1. The molecular formula is C15H26ClNO. The van der Waals surface area contributed by atoms with Crippen molar-refractivity contribution in [3.05, 3.63) is 0 Å². The molecule has 0 N–H and O–H groups in total. The highest BCUT2D eigenvalue weighted by Crippen LogP contribution is 2.29. The van der Waals surface area contributed by atoms with E-state index in [1.165, 1.54) is 51.4 Å². The van der Waals surface area contributed by atoms with E-state index in [1.807, 2.05) is 0 Å². The summed E-state index contributed by atoms with van der Waals surface area (Å²) in [5.41, 5.74) is 0. The summed E-state index contributed by atoms with van der Waals surface area (Å²) in [6.07, 6.45) is 12.3. The summed E-state index contributed by atoms with van der Waals surface area (Å²) in [6.45, 7) is 0.746. The first-order valence-electron chi connectivity index (χ1n) is 7.66. The number of carbonyl (C=O) groups is 1. The standard InChI is InChI=1S/C15H26ClNO/c16-11-12-17(14-7-4-8-14)15(18)10-9-13-5-2-1-3-6-13/h13-14H,1-12H2. The van der Waals surface area contributed by atoms with Gasteiger partial charge in [-0.25, -0.2) is 0 Å². The van der Waals surface area contributed by atoms with Crippen molar-refractivity contribution in [2.45, 2.75) is 70.3 Å². The van der Waals surface area contributed by atoms with Crippen LogP contribution in [-0.4, -0.2) is 29.3 Å². The normalized spacial score (nSPS) is 21.6. The van der Waals surface area contributed by atoms with Crippen molar-refractivity contribution in [3.63, 3.8) is 0 Å². The fourth-order valence-electron chi connectivity index (χ4n) is 3.25. The first-order chi connectivity index (χ1) is 8.81. The van der Waals surface area contributed by atoms with Gasteiger partial charge in [0.25, 0.3) is 0 Å². The summed E-state index contributed by atoms with van der Waals surface area (Å²) in [5, 5.41) is 0. The maximum absolute atomic E-state index is 12.3. The second-order valence-electron chi connectivity index (χ2n) is 5.90. The van der Waals surface area contributed by atoms with Gasteiger partial charge in [-0.2, -0.15) is 0 Å². The Kier molecular flexibility index (Phi) is 5.81. The molecule has 0 bridgehead atoms. The van der Waals surface area contributed by atoms with E-state index in [9.17, 15) is 4.79 Å². The Morgan fingerprint density at radius 2 is 1.78 bits per heavy atom. The second-order valence-corrected chi connectivity index (χ2v) is 6.28. The van der Waals surface area contributed by atoms with Gasteiger partial charge in [0.05, 0.1) is 0 Å². The van der Waals surface area contributed by atoms with Crippen molar-refractivity contribution in [2.75, 3.05) is 12.4 Å². The van der Waals surface area contributed by atoms with Crippen molar-refractivity contribution in [1.82, 2.24) is 4.90 Å². The van der Waals surface area contributed by atoms with Gasteiger partial charge in [0.15, 0.2) is 0 Å². The molecule has 2 fully saturated rings. The number of halogens is 1. The number of rotatable bonds is 6. The lowest BCUT2D eigenvalue weighted by atomic mass is 9.85. The van der Waals surface area contributed by atoms with Crippen LogP contribution in [0, 0.1) is 5.92 Å². The van der Waals surface area contributed by atoms with Gasteiger partial charge in [-0.3, -0.25) is 4.79 Å². The molecule has 18 heavy (non-hydrogen) atoms. The minimum Gasteiger partial charge on any atom is -0.339 e. The summed E-state index contributed by atoms with van der Waals surface area (Å²) < 4.78 is 0. The largest absolute Gasteiger partial charge is 0.339 e. The number of alkyl halides is 1. The molecule has 0 atom stereocenters. The monoisotopic (exact) mass is 271 g/mol. The van der Waals surface area contributed by atoms with Crippen molar-refractivity contribution in [1.29, 1.82) is 0 Å². The van der Waals surface area contributed by atoms with Crippen LogP contribution in [0.1, 0.15) is 64.2 Å². The maximum atomic E-state index is 12.3. The third-order valence-electron chi connectivity index (χ3n) is 4.65. The molecule has 2 aliphatic carbocycles. The minimum atomic E-state index is 0.353. The van der Waals surface area contributed by atoms with Gasteiger partial charge in [-0.05, 0) is 31.6 Å². The number of nitrogens with zero attached hydrogens (tertiary/aromatic N) is 1. The molecule has 0 heterocycles. The van der Waals surface area contributed by atoms with Crippen molar-refractivity contribution < 1.29 is 4.79 Å². The van der Waals surface area contributed by atoms with Crippen LogP contribution in [0.25, 0.3) is 0 Å². The predicted octanol–water partition coefficient (Wildman–Crippen LogP) is 3.97. The van der Waals surface area contributed by atoms with Crippen LogP contribution in [0.3, 0.4) is 0 Å². The van der Waals surface area contributed by atoms with E-state index in [2.05, 4.69) is 4.90 Å². The molecule has 0 radical (unpaired) electrons. The maximum Gasteiger partial charge on any atom is 0.222 e. The number of hydrogen-bond acceptors (Lipinski definition) is 1. The fourth-order valence-corrected chi connectivity index (χ4v) is 3.43. The van der Waals surface area contributed by atoms with Crippen LogP contribution < -0.4 is 0 Å². The van der Waals surface area contributed by atoms with Crippen LogP contribution >= 0.6 is 11.6 Å². The summed E-state index contributed by atoms with van der Waals surface area (Å²) in [7, 11) is 0. The Labute approximate surface area is 116 Å². The molecule has 1 amide bonds. The molecule has 0 unspecified atom stereocenters. The molecular weight excluding hydrogens is 246 g/mol. The van der Waals surface area contributed by atoms with E-state index in [4.69, 9.17) is 11.6 Å². The molecule has 0 aromatic heterocycles. The second kappa shape index (κ2) is 7.37. The van der Waals surface area contributed by atoms with Crippen LogP contribution in [0.15, 0.2) is 0 Å². The van der Waals surface area contributed by atoms with Crippen molar-refractivity contribution in [3.8, 4) is 0 Å². The first kappa shape index (κ1) is 14.2. The smallest absolute Gasteiger partial charge is 0.222 e. The zero-order valence-corrected chi connectivity index (χ0v) is 12.1. The molecule has 104 valence electrons. The van der Waals surface area contributed by atoms with E-state index in [-0.39, 0.29) is 0 Å². The number of hydrogen-bond donors (Lipinski definition) is 0. The van der Waals surface area contributed by atoms with Gasteiger partial charge < -0.3 is 4.90 Å². The molecule has 0 aromatic rings. The van der Waals surface area contributed by atoms with Gasteiger partial charge in [-0.15, -0.1) is 11.6 Å². The molecule has 3 heteroatoms. The molecule has 2 rings (SSSR count). The first-order valence-corrected chi connectivity index (χ1v) is 8.20. The minimum absolute atomic E-state index is 0.353. The Balaban J connectivity index is 1.73.